The Kier molecular flexibility index (Phi) is 4.25. The fraction of sp³-hybridized carbons (Fsp3) is 0.0952. The first-order chi connectivity index (χ1) is 14.2. The van der Waals surface area contributed by atoms with Gasteiger partial charge in [0.05, 0.1) is 28.8 Å². The van der Waals surface area contributed by atoms with E-state index in [0.717, 1.165) is 28.4 Å². The molecular formula is C21H16N4O3S. The summed E-state index contributed by atoms with van der Waals surface area (Å²) >= 11 is 1.37. The number of rotatable bonds is 4. The molecular weight excluding hydrogens is 388 g/mol. The van der Waals surface area contributed by atoms with E-state index in [1.54, 1.807) is 10.9 Å². The van der Waals surface area contributed by atoms with Crippen LogP contribution in [0.4, 0.5) is 5.13 Å². The van der Waals surface area contributed by atoms with Crippen LogP contribution in [0.2, 0.25) is 0 Å². The van der Waals surface area contributed by atoms with Crippen LogP contribution >= 0.6 is 11.3 Å². The zero-order valence-electron chi connectivity index (χ0n) is 15.5. The fourth-order valence-electron chi connectivity index (χ4n) is 3.15. The van der Waals surface area contributed by atoms with Gasteiger partial charge in [0.25, 0.3) is 5.91 Å². The van der Waals surface area contributed by atoms with E-state index in [9.17, 15) is 4.79 Å². The smallest absolute Gasteiger partial charge is 0.260 e. The highest BCUT2D eigenvalue weighted by molar-refractivity contribution is 7.14. The molecule has 0 saturated carbocycles. The summed E-state index contributed by atoms with van der Waals surface area (Å²) in [7, 11) is 0. The van der Waals surface area contributed by atoms with E-state index in [1.807, 2.05) is 60.8 Å². The number of fused-ring (bicyclic) bond motifs is 1. The number of amides is 1. The normalized spacial score (nSPS) is 12.2. The Morgan fingerprint density at radius 3 is 2.83 bits per heavy atom. The first kappa shape index (κ1) is 17.4. The molecule has 0 fully saturated rings. The molecule has 0 radical (unpaired) electrons. The maximum atomic E-state index is 12.7. The summed E-state index contributed by atoms with van der Waals surface area (Å²) in [4.78, 5) is 17.3. The van der Waals surface area contributed by atoms with Crippen LogP contribution in [0.1, 0.15) is 16.1 Å². The van der Waals surface area contributed by atoms with Crippen molar-refractivity contribution in [3.8, 4) is 28.4 Å². The number of carbonyl (C=O) groups excluding carboxylic acids is 1. The molecule has 1 aliphatic heterocycles. The number of nitrogens with one attached hydrogen (secondary N) is 1. The molecule has 0 spiro atoms. The minimum absolute atomic E-state index is 0.229. The quantitative estimate of drug-likeness (QED) is 0.549. The van der Waals surface area contributed by atoms with Gasteiger partial charge in [-0.15, -0.1) is 11.3 Å². The number of aromatic nitrogens is 3. The first-order valence-electron chi connectivity index (χ1n) is 8.96. The van der Waals surface area contributed by atoms with Crippen LogP contribution in [0.3, 0.4) is 0 Å². The number of nitrogens with zero attached hydrogens (tertiary/aromatic N) is 3. The van der Waals surface area contributed by atoms with Gasteiger partial charge in [0, 0.05) is 10.9 Å². The second kappa shape index (κ2) is 7.06. The number of thiazole rings is 1. The lowest BCUT2D eigenvalue weighted by Crippen LogP contribution is -2.13. The van der Waals surface area contributed by atoms with Crippen LogP contribution in [-0.4, -0.2) is 27.5 Å². The molecule has 7 nitrogen and oxygen atoms in total. The standard InChI is InChI=1S/C21H16N4O3S/c1-13-16(10-22-25(13)15-5-3-2-4-6-15)20(26)24-21-23-17(11-29-21)14-7-8-18-19(9-14)28-12-27-18/h2-11H,12H2,1H3,(H,23,24,26). The lowest BCUT2D eigenvalue weighted by Gasteiger charge is -2.05. The Morgan fingerprint density at radius 1 is 1.14 bits per heavy atom. The van der Waals surface area contributed by atoms with Gasteiger partial charge in [-0.3, -0.25) is 10.1 Å². The highest BCUT2D eigenvalue weighted by atomic mass is 32.1. The molecule has 144 valence electrons. The zero-order chi connectivity index (χ0) is 19.8. The lowest BCUT2D eigenvalue weighted by molar-refractivity contribution is 0.102. The summed E-state index contributed by atoms with van der Waals surface area (Å²) in [6.45, 7) is 2.10. The van der Waals surface area contributed by atoms with Crippen molar-refractivity contribution >= 4 is 22.4 Å². The SMILES string of the molecule is Cc1c(C(=O)Nc2nc(-c3ccc4c(c3)OCO4)cs2)cnn1-c1ccccc1. The number of para-hydroxylation sites is 1. The van der Waals surface area contributed by atoms with Crippen LogP contribution in [0, 0.1) is 6.92 Å². The van der Waals surface area contributed by atoms with Crippen LogP contribution < -0.4 is 14.8 Å². The molecule has 1 aliphatic rings. The number of benzene rings is 2. The first-order valence-corrected chi connectivity index (χ1v) is 9.84. The third-order valence-corrected chi connectivity index (χ3v) is 5.41. The van der Waals surface area contributed by atoms with Gasteiger partial charge in [-0.2, -0.15) is 5.10 Å². The van der Waals surface area contributed by atoms with Gasteiger partial charge in [0.1, 0.15) is 0 Å². The molecule has 0 saturated heterocycles. The van der Waals surface area contributed by atoms with E-state index in [0.29, 0.717) is 16.4 Å². The Hall–Kier alpha value is -3.65. The summed E-state index contributed by atoms with van der Waals surface area (Å²) in [6.07, 6.45) is 1.57. The molecule has 0 aliphatic carbocycles. The van der Waals surface area contributed by atoms with Crippen LogP contribution in [0.15, 0.2) is 60.1 Å². The number of hydrogen-bond acceptors (Lipinski definition) is 6. The molecule has 0 atom stereocenters. The molecule has 2 aromatic heterocycles. The van der Waals surface area contributed by atoms with E-state index in [2.05, 4.69) is 15.4 Å². The highest BCUT2D eigenvalue weighted by Gasteiger charge is 2.18. The number of ether oxygens (including phenoxy) is 2. The minimum atomic E-state index is -0.240. The second-order valence-corrected chi connectivity index (χ2v) is 7.31. The van der Waals surface area contributed by atoms with Crippen molar-refractivity contribution in [1.29, 1.82) is 0 Å². The summed E-state index contributed by atoms with van der Waals surface area (Å²) in [6, 6.07) is 15.4. The van der Waals surface area contributed by atoms with Crippen molar-refractivity contribution < 1.29 is 14.3 Å². The third kappa shape index (κ3) is 3.23. The molecule has 4 aromatic rings. The van der Waals surface area contributed by atoms with E-state index in [1.165, 1.54) is 11.3 Å². The average molecular weight is 404 g/mol. The van der Waals surface area contributed by atoms with Gasteiger partial charge in [-0.1, -0.05) is 18.2 Å². The maximum absolute atomic E-state index is 12.7. The number of carbonyl (C=O) groups is 1. The summed E-state index contributed by atoms with van der Waals surface area (Å²) < 4.78 is 12.5. The van der Waals surface area contributed by atoms with Crippen molar-refractivity contribution in [3.63, 3.8) is 0 Å². The summed E-state index contributed by atoms with van der Waals surface area (Å²) in [5.74, 6) is 1.18. The van der Waals surface area contributed by atoms with Gasteiger partial charge in [-0.05, 0) is 37.3 Å². The van der Waals surface area contributed by atoms with Gasteiger partial charge < -0.3 is 9.47 Å². The molecule has 0 bridgehead atoms. The number of anilines is 1. The van der Waals surface area contributed by atoms with Gasteiger partial charge in [0.2, 0.25) is 6.79 Å². The molecule has 0 unspecified atom stereocenters. The molecule has 1 N–H and O–H groups in total. The summed E-state index contributed by atoms with van der Waals surface area (Å²) in [5, 5.41) is 9.63. The fourth-order valence-corrected chi connectivity index (χ4v) is 3.86. The van der Waals surface area contributed by atoms with Crippen molar-refractivity contribution in [2.75, 3.05) is 12.1 Å². The highest BCUT2D eigenvalue weighted by Crippen LogP contribution is 2.36. The Bertz CT molecular complexity index is 1200. The van der Waals surface area contributed by atoms with Gasteiger partial charge >= 0.3 is 0 Å². The summed E-state index contributed by atoms with van der Waals surface area (Å²) in [5.41, 5.74) is 3.85. The van der Waals surface area contributed by atoms with Crippen molar-refractivity contribution in [2.45, 2.75) is 6.92 Å². The van der Waals surface area contributed by atoms with E-state index in [4.69, 9.17) is 9.47 Å². The Labute approximate surface area is 170 Å². The van der Waals surface area contributed by atoms with Crippen LogP contribution in [0.5, 0.6) is 11.5 Å². The van der Waals surface area contributed by atoms with Crippen LogP contribution in [0.25, 0.3) is 16.9 Å². The monoisotopic (exact) mass is 404 g/mol. The lowest BCUT2D eigenvalue weighted by atomic mass is 10.1. The van der Waals surface area contributed by atoms with E-state index >= 15 is 0 Å². The number of hydrogen-bond donors (Lipinski definition) is 1. The maximum Gasteiger partial charge on any atom is 0.260 e. The second-order valence-electron chi connectivity index (χ2n) is 6.45. The van der Waals surface area contributed by atoms with Crippen molar-refractivity contribution in [1.82, 2.24) is 14.8 Å². The largest absolute Gasteiger partial charge is 0.454 e. The molecule has 29 heavy (non-hydrogen) atoms. The van der Waals surface area contributed by atoms with E-state index in [-0.39, 0.29) is 12.7 Å². The average Bonchev–Trinajstić information content (AvgIpc) is 3.47. The minimum Gasteiger partial charge on any atom is -0.454 e. The molecule has 3 heterocycles. The molecule has 2 aromatic carbocycles. The van der Waals surface area contributed by atoms with Crippen molar-refractivity contribution in [2.24, 2.45) is 0 Å². The topological polar surface area (TPSA) is 78.3 Å². The Balaban J connectivity index is 1.35. The molecule has 8 heteroatoms. The predicted molar refractivity (Wildman–Crippen MR) is 110 cm³/mol. The van der Waals surface area contributed by atoms with Gasteiger partial charge in [-0.25, -0.2) is 9.67 Å². The zero-order valence-corrected chi connectivity index (χ0v) is 16.3. The van der Waals surface area contributed by atoms with E-state index < -0.39 is 0 Å². The van der Waals surface area contributed by atoms with Gasteiger partial charge in [0.15, 0.2) is 16.6 Å². The third-order valence-electron chi connectivity index (χ3n) is 4.65. The molecule has 1 amide bonds. The Morgan fingerprint density at radius 2 is 1.97 bits per heavy atom. The van der Waals surface area contributed by atoms with Crippen LogP contribution in [-0.2, 0) is 0 Å². The van der Waals surface area contributed by atoms with Crippen molar-refractivity contribution in [3.05, 3.63) is 71.4 Å². The predicted octanol–water partition coefficient (Wildman–Crippen LogP) is 4.29. The molecule has 5 rings (SSSR count).